The van der Waals surface area contributed by atoms with Crippen molar-refractivity contribution < 1.29 is 0 Å². The number of aromatic amines is 1. The van der Waals surface area contributed by atoms with Crippen molar-refractivity contribution in [3.8, 4) is 0 Å². The molecule has 0 bridgehead atoms. The van der Waals surface area contributed by atoms with Gasteiger partial charge in [0.15, 0.2) is 10.4 Å². The first kappa shape index (κ1) is 12.9. The highest BCUT2D eigenvalue weighted by molar-refractivity contribution is 7.71. The molecule has 0 saturated heterocycles. The maximum absolute atomic E-state index is 5.59. The molecule has 1 N–H and O–H groups in total. The van der Waals surface area contributed by atoms with E-state index in [0.717, 1.165) is 28.0 Å². The first-order valence-corrected chi connectivity index (χ1v) is 7.65. The van der Waals surface area contributed by atoms with E-state index < -0.39 is 0 Å². The summed E-state index contributed by atoms with van der Waals surface area (Å²) in [4.78, 5) is 3.38. The first-order chi connectivity index (χ1) is 9.07. The second-order valence-corrected chi connectivity index (χ2v) is 6.33. The number of rotatable bonds is 2. The summed E-state index contributed by atoms with van der Waals surface area (Å²) < 4.78 is 5.16. The van der Waals surface area contributed by atoms with Gasteiger partial charge in [0, 0.05) is 12.6 Å². The Kier molecular flexibility index (Phi) is 3.04. The SMILES string of the molecule is CCc1nn(C)c2c1[nH]c(=S)n2C1(C)CCCCC1. The average Bonchev–Trinajstić information content (AvgIpc) is 2.87. The fraction of sp³-hybridized carbons (Fsp3) is 0.714. The van der Waals surface area contributed by atoms with E-state index in [1.807, 2.05) is 11.7 Å². The third-order valence-corrected chi connectivity index (χ3v) is 4.83. The Balaban J connectivity index is 2.25. The van der Waals surface area contributed by atoms with Crippen LogP contribution in [0.4, 0.5) is 0 Å². The van der Waals surface area contributed by atoms with Gasteiger partial charge in [-0.2, -0.15) is 5.10 Å². The molecule has 1 aliphatic rings. The van der Waals surface area contributed by atoms with Crippen LogP contribution in [-0.4, -0.2) is 19.3 Å². The number of nitrogens with zero attached hydrogens (tertiary/aromatic N) is 3. The smallest absolute Gasteiger partial charge is 0.179 e. The normalized spacial score (nSPS) is 19.1. The summed E-state index contributed by atoms with van der Waals surface area (Å²) in [5.41, 5.74) is 3.54. The zero-order valence-corrected chi connectivity index (χ0v) is 12.8. The van der Waals surface area contributed by atoms with Gasteiger partial charge in [0.05, 0.1) is 5.69 Å². The topological polar surface area (TPSA) is 38.5 Å². The van der Waals surface area contributed by atoms with Crippen LogP contribution in [-0.2, 0) is 19.0 Å². The predicted octanol–water partition coefficient (Wildman–Crippen LogP) is 3.67. The number of fused-ring (bicyclic) bond motifs is 1. The molecule has 0 spiro atoms. The third-order valence-electron chi connectivity index (χ3n) is 4.54. The number of aromatic nitrogens is 4. The number of H-pyrrole nitrogens is 1. The zero-order valence-electron chi connectivity index (χ0n) is 12.0. The summed E-state index contributed by atoms with van der Waals surface area (Å²) in [5, 5.41) is 4.61. The van der Waals surface area contributed by atoms with Crippen LogP contribution in [0, 0.1) is 4.77 Å². The molecule has 1 aliphatic carbocycles. The van der Waals surface area contributed by atoms with Crippen LogP contribution < -0.4 is 0 Å². The molecule has 0 aliphatic heterocycles. The third kappa shape index (κ3) is 1.86. The Morgan fingerprint density at radius 3 is 2.63 bits per heavy atom. The van der Waals surface area contributed by atoms with E-state index in [1.54, 1.807) is 0 Å². The van der Waals surface area contributed by atoms with Gasteiger partial charge < -0.3 is 4.98 Å². The van der Waals surface area contributed by atoms with Gasteiger partial charge in [-0.1, -0.05) is 26.2 Å². The van der Waals surface area contributed by atoms with Gasteiger partial charge in [-0.25, -0.2) is 0 Å². The van der Waals surface area contributed by atoms with Crippen molar-refractivity contribution in [1.82, 2.24) is 19.3 Å². The molecular weight excluding hydrogens is 256 g/mol. The van der Waals surface area contributed by atoms with Crippen molar-refractivity contribution in [2.45, 2.75) is 57.9 Å². The van der Waals surface area contributed by atoms with Gasteiger partial charge >= 0.3 is 0 Å². The van der Waals surface area contributed by atoms with Crippen LogP contribution in [0.1, 0.15) is 51.6 Å². The largest absolute Gasteiger partial charge is 0.328 e. The minimum absolute atomic E-state index is 0.145. The minimum atomic E-state index is 0.145. The molecule has 4 nitrogen and oxygen atoms in total. The Morgan fingerprint density at radius 2 is 2.00 bits per heavy atom. The highest BCUT2D eigenvalue weighted by Crippen LogP contribution is 2.37. The van der Waals surface area contributed by atoms with Crippen molar-refractivity contribution in [3.63, 3.8) is 0 Å². The first-order valence-electron chi connectivity index (χ1n) is 7.24. The summed E-state index contributed by atoms with van der Waals surface area (Å²) >= 11 is 5.59. The van der Waals surface area contributed by atoms with E-state index in [0.29, 0.717) is 0 Å². The van der Waals surface area contributed by atoms with Crippen LogP contribution in [0.25, 0.3) is 11.2 Å². The standard InChI is InChI=1S/C14H22N4S/c1-4-10-11-12(17(3)16-10)18(13(19)15-11)14(2)8-6-5-7-9-14/h4-9H2,1-3H3,(H,15,19). The number of hydrogen-bond donors (Lipinski definition) is 1. The molecule has 2 aromatic heterocycles. The summed E-state index contributed by atoms with van der Waals surface area (Å²) in [6, 6.07) is 0. The van der Waals surface area contributed by atoms with Crippen LogP contribution in [0.2, 0.25) is 0 Å². The fourth-order valence-electron chi connectivity index (χ4n) is 3.50. The van der Waals surface area contributed by atoms with Crippen molar-refractivity contribution in [2.75, 3.05) is 0 Å². The molecule has 104 valence electrons. The second-order valence-electron chi connectivity index (χ2n) is 5.95. The summed E-state index contributed by atoms with van der Waals surface area (Å²) in [6.07, 6.45) is 7.29. The van der Waals surface area contributed by atoms with Crippen LogP contribution >= 0.6 is 12.2 Å². The van der Waals surface area contributed by atoms with Crippen LogP contribution in [0.3, 0.4) is 0 Å². The molecular formula is C14H22N4S. The van der Waals surface area contributed by atoms with E-state index in [-0.39, 0.29) is 5.54 Å². The highest BCUT2D eigenvalue weighted by atomic mass is 32.1. The molecule has 0 aromatic carbocycles. The molecule has 0 radical (unpaired) electrons. The maximum Gasteiger partial charge on any atom is 0.179 e. The maximum atomic E-state index is 5.59. The van der Waals surface area contributed by atoms with Crippen molar-refractivity contribution in [3.05, 3.63) is 10.5 Å². The Labute approximate surface area is 118 Å². The fourth-order valence-corrected chi connectivity index (χ4v) is 3.91. The van der Waals surface area contributed by atoms with Gasteiger partial charge in [-0.05, 0) is 38.4 Å². The molecule has 1 saturated carbocycles. The van der Waals surface area contributed by atoms with E-state index in [2.05, 4.69) is 28.5 Å². The quantitative estimate of drug-likeness (QED) is 0.851. The lowest BCUT2D eigenvalue weighted by Gasteiger charge is -2.35. The summed E-state index contributed by atoms with van der Waals surface area (Å²) in [7, 11) is 2.02. The average molecular weight is 278 g/mol. The number of aryl methyl sites for hydroxylation is 2. The van der Waals surface area contributed by atoms with Gasteiger partial charge in [0.25, 0.3) is 0 Å². The number of imidazole rings is 1. The van der Waals surface area contributed by atoms with Gasteiger partial charge in [-0.3, -0.25) is 9.25 Å². The molecule has 2 heterocycles. The molecule has 0 atom stereocenters. The monoisotopic (exact) mass is 278 g/mol. The molecule has 2 aromatic rings. The highest BCUT2D eigenvalue weighted by Gasteiger charge is 2.32. The van der Waals surface area contributed by atoms with Crippen molar-refractivity contribution in [1.29, 1.82) is 0 Å². The molecule has 19 heavy (non-hydrogen) atoms. The lowest BCUT2D eigenvalue weighted by molar-refractivity contribution is 0.220. The van der Waals surface area contributed by atoms with E-state index in [1.165, 1.54) is 32.1 Å². The number of nitrogens with one attached hydrogen (secondary N) is 1. The van der Waals surface area contributed by atoms with Gasteiger partial charge in [0.2, 0.25) is 0 Å². The predicted molar refractivity (Wildman–Crippen MR) is 80.0 cm³/mol. The van der Waals surface area contributed by atoms with Crippen LogP contribution in [0.5, 0.6) is 0 Å². The van der Waals surface area contributed by atoms with Crippen molar-refractivity contribution in [2.24, 2.45) is 7.05 Å². The lowest BCUT2D eigenvalue weighted by atomic mass is 9.83. The van der Waals surface area contributed by atoms with Crippen LogP contribution in [0.15, 0.2) is 0 Å². The van der Waals surface area contributed by atoms with E-state index in [4.69, 9.17) is 12.2 Å². The summed E-state index contributed by atoms with van der Waals surface area (Å²) in [6.45, 7) is 4.48. The summed E-state index contributed by atoms with van der Waals surface area (Å²) in [5.74, 6) is 0. The molecule has 0 unspecified atom stereocenters. The Hall–Kier alpha value is -1.10. The number of hydrogen-bond acceptors (Lipinski definition) is 2. The Morgan fingerprint density at radius 1 is 1.32 bits per heavy atom. The lowest BCUT2D eigenvalue weighted by Crippen LogP contribution is -2.33. The van der Waals surface area contributed by atoms with Crippen molar-refractivity contribution >= 4 is 23.4 Å². The van der Waals surface area contributed by atoms with Gasteiger partial charge in [0.1, 0.15) is 5.52 Å². The molecule has 5 heteroatoms. The zero-order chi connectivity index (χ0) is 13.6. The molecule has 1 fully saturated rings. The Bertz CT molecular complexity index is 655. The van der Waals surface area contributed by atoms with E-state index in [9.17, 15) is 0 Å². The minimum Gasteiger partial charge on any atom is -0.328 e. The van der Waals surface area contributed by atoms with Gasteiger partial charge in [-0.15, -0.1) is 0 Å². The second kappa shape index (κ2) is 4.47. The van der Waals surface area contributed by atoms with E-state index >= 15 is 0 Å². The molecule has 0 amide bonds. The molecule has 3 rings (SSSR count).